The number of carbonyl (C=O) groups is 2. The molecule has 3 N–H and O–H groups in total. The Morgan fingerprint density at radius 1 is 1.18 bits per heavy atom. The van der Waals surface area contributed by atoms with Gasteiger partial charge in [0.15, 0.2) is 0 Å². The van der Waals surface area contributed by atoms with Crippen molar-refractivity contribution in [2.24, 2.45) is 0 Å². The van der Waals surface area contributed by atoms with E-state index in [-0.39, 0.29) is 30.5 Å². The average molecular weight is 382 g/mol. The zero-order valence-electron chi connectivity index (χ0n) is 15.9. The summed E-state index contributed by atoms with van der Waals surface area (Å²) in [4.78, 5) is 23.4. The van der Waals surface area contributed by atoms with Crippen molar-refractivity contribution in [1.82, 2.24) is 10.6 Å². The first kappa shape index (κ1) is 19.7. The van der Waals surface area contributed by atoms with Crippen LogP contribution in [0.4, 0.5) is 4.79 Å². The van der Waals surface area contributed by atoms with Gasteiger partial charge in [0, 0.05) is 24.4 Å². The molecule has 1 aliphatic carbocycles. The van der Waals surface area contributed by atoms with Crippen LogP contribution in [0, 0.1) is 0 Å². The maximum Gasteiger partial charge on any atom is 0.315 e. The normalized spacial score (nSPS) is 18.8. The van der Waals surface area contributed by atoms with E-state index in [9.17, 15) is 9.59 Å². The summed E-state index contributed by atoms with van der Waals surface area (Å²) < 4.78 is 5.26. The molecule has 28 heavy (non-hydrogen) atoms. The van der Waals surface area contributed by atoms with E-state index >= 15 is 0 Å². The van der Waals surface area contributed by atoms with Gasteiger partial charge in [-0.3, -0.25) is 4.79 Å². The van der Waals surface area contributed by atoms with E-state index in [2.05, 4.69) is 10.6 Å². The first-order valence-electron chi connectivity index (χ1n) is 9.52. The summed E-state index contributed by atoms with van der Waals surface area (Å²) in [6.07, 6.45) is 1.90. The van der Waals surface area contributed by atoms with Crippen LogP contribution in [0.15, 0.2) is 54.6 Å². The molecule has 0 aromatic heterocycles. The monoisotopic (exact) mass is 382 g/mol. The number of methoxy groups -OCH3 is 1. The van der Waals surface area contributed by atoms with Crippen molar-refractivity contribution in [2.45, 2.75) is 43.7 Å². The maximum absolute atomic E-state index is 12.4. The molecule has 0 aliphatic heterocycles. The van der Waals surface area contributed by atoms with Gasteiger partial charge in [0.1, 0.15) is 5.75 Å². The second-order valence-electron chi connectivity index (χ2n) is 7.16. The molecular formula is C22H26N2O4. The Kier molecular flexibility index (Phi) is 6.53. The Labute approximate surface area is 164 Å². The van der Waals surface area contributed by atoms with Crippen molar-refractivity contribution in [3.8, 4) is 5.75 Å². The zero-order chi connectivity index (χ0) is 19.9. The van der Waals surface area contributed by atoms with E-state index in [1.54, 1.807) is 7.11 Å². The minimum Gasteiger partial charge on any atom is -0.497 e. The molecule has 2 aromatic carbocycles. The Bertz CT molecular complexity index is 809. The van der Waals surface area contributed by atoms with Crippen molar-refractivity contribution in [3.05, 3.63) is 65.7 Å². The molecule has 6 nitrogen and oxygen atoms in total. The summed E-state index contributed by atoms with van der Waals surface area (Å²) in [7, 11) is 1.64. The summed E-state index contributed by atoms with van der Waals surface area (Å²) >= 11 is 0. The minimum absolute atomic E-state index is 0.0215. The van der Waals surface area contributed by atoms with E-state index in [4.69, 9.17) is 9.84 Å². The third-order valence-corrected chi connectivity index (χ3v) is 5.00. The molecule has 3 atom stereocenters. The van der Waals surface area contributed by atoms with Gasteiger partial charge in [-0.25, -0.2) is 4.79 Å². The number of carboxylic acid groups (broad SMARTS) is 1. The van der Waals surface area contributed by atoms with Crippen LogP contribution >= 0.6 is 0 Å². The Morgan fingerprint density at radius 3 is 2.68 bits per heavy atom. The van der Waals surface area contributed by atoms with Crippen molar-refractivity contribution in [2.75, 3.05) is 7.11 Å². The predicted octanol–water partition coefficient (Wildman–Crippen LogP) is 3.33. The summed E-state index contributed by atoms with van der Waals surface area (Å²) in [6, 6.07) is 17.3. The van der Waals surface area contributed by atoms with Crippen LogP contribution < -0.4 is 15.4 Å². The number of urea groups is 1. The molecule has 1 fully saturated rings. The standard InChI is InChI=1S/C22H26N2O4/c1-28-18-9-5-8-16(13-18)19-14-20(19)24-22(27)23-17(10-11-21(25)26)12-15-6-3-2-4-7-15/h2-9,13,17,19-20H,10-12,14H2,1H3,(H,25,26)(H2,23,24,27)/t17?,19-,20+/m0/s1. The van der Waals surface area contributed by atoms with Crippen LogP contribution in [0.25, 0.3) is 0 Å². The number of carbonyl (C=O) groups excluding carboxylic acids is 1. The van der Waals surface area contributed by atoms with Crippen LogP contribution in [0.5, 0.6) is 5.75 Å². The molecular weight excluding hydrogens is 356 g/mol. The summed E-state index contributed by atoms with van der Waals surface area (Å²) in [6.45, 7) is 0. The highest BCUT2D eigenvalue weighted by atomic mass is 16.5. The van der Waals surface area contributed by atoms with E-state index in [1.165, 1.54) is 0 Å². The number of rotatable bonds is 9. The lowest BCUT2D eigenvalue weighted by Gasteiger charge is -2.19. The lowest BCUT2D eigenvalue weighted by Crippen LogP contribution is -2.44. The fourth-order valence-corrected chi connectivity index (χ4v) is 3.41. The highest BCUT2D eigenvalue weighted by Gasteiger charge is 2.39. The quantitative estimate of drug-likeness (QED) is 0.621. The summed E-state index contributed by atoms with van der Waals surface area (Å²) in [5, 5.41) is 14.9. The first-order valence-corrected chi connectivity index (χ1v) is 9.52. The number of nitrogens with one attached hydrogen (secondary N) is 2. The minimum atomic E-state index is -0.861. The number of carboxylic acids is 1. The number of amides is 2. The highest BCUT2D eigenvalue weighted by molar-refractivity contribution is 5.75. The van der Waals surface area contributed by atoms with Gasteiger partial charge in [-0.05, 0) is 42.5 Å². The van der Waals surface area contributed by atoms with Crippen LogP contribution in [0.3, 0.4) is 0 Å². The van der Waals surface area contributed by atoms with Gasteiger partial charge in [0.2, 0.25) is 0 Å². The topological polar surface area (TPSA) is 87.7 Å². The number of ether oxygens (including phenoxy) is 1. The number of benzene rings is 2. The molecule has 148 valence electrons. The molecule has 0 heterocycles. The second kappa shape index (κ2) is 9.26. The predicted molar refractivity (Wildman–Crippen MR) is 107 cm³/mol. The largest absolute Gasteiger partial charge is 0.497 e. The van der Waals surface area contributed by atoms with Gasteiger partial charge < -0.3 is 20.5 Å². The van der Waals surface area contributed by atoms with Gasteiger partial charge in [-0.2, -0.15) is 0 Å². The van der Waals surface area contributed by atoms with Crippen molar-refractivity contribution in [1.29, 1.82) is 0 Å². The third-order valence-electron chi connectivity index (χ3n) is 5.00. The summed E-state index contributed by atoms with van der Waals surface area (Å²) in [5.41, 5.74) is 2.22. The third kappa shape index (κ3) is 5.74. The van der Waals surface area contributed by atoms with Crippen LogP contribution in [0.2, 0.25) is 0 Å². The van der Waals surface area contributed by atoms with Gasteiger partial charge >= 0.3 is 12.0 Å². The highest BCUT2D eigenvalue weighted by Crippen LogP contribution is 2.41. The molecule has 1 aliphatic rings. The molecule has 0 saturated heterocycles. The molecule has 0 bridgehead atoms. The zero-order valence-corrected chi connectivity index (χ0v) is 15.9. The lowest BCUT2D eigenvalue weighted by molar-refractivity contribution is -0.137. The fourth-order valence-electron chi connectivity index (χ4n) is 3.41. The van der Waals surface area contributed by atoms with Crippen molar-refractivity contribution >= 4 is 12.0 Å². The van der Waals surface area contributed by atoms with E-state index in [0.29, 0.717) is 12.8 Å². The summed E-state index contributed by atoms with van der Waals surface area (Å²) in [5.74, 6) is 0.234. The SMILES string of the molecule is COc1cccc([C@@H]2C[C@H]2NC(=O)NC(CCC(=O)O)Cc2ccccc2)c1. The second-order valence-corrected chi connectivity index (χ2v) is 7.16. The number of hydrogen-bond donors (Lipinski definition) is 3. The van der Waals surface area contributed by atoms with Crippen LogP contribution in [0.1, 0.15) is 36.3 Å². The van der Waals surface area contributed by atoms with Gasteiger partial charge in [-0.1, -0.05) is 42.5 Å². The molecule has 3 rings (SSSR count). The Morgan fingerprint density at radius 2 is 1.96 bits per heavy atom. The van der Waals surface area contributed by atoms with E-state index < -0.39 is 5.97 Å². The fraction of sp³-hybridized carbons (Fsp3) is 0.364. The molecule has 2 aromatic rings. The first-order chi connectivity index (χ1) is 13.5. The van der Waals surface area contributed by atoms with Gasteiger partial charge in [0.05, 0.1) is 7.11 Å². The average Bonchev–Trinajstić information content (AvgIpc) is 3.46. The van der Waals surface area contributed by atoms with E-state index in [1.807, 2.05) is 54.6 Å². The molecule has 1 saturated carbocycles. The smallest absolute Gasteiger partial charge is 0.315 e. The van der Waals surface area contributed by atoms with Crippen molar-refractivity contribution < 1.29 is 19.4 Å². The molecule has 0 radical (unpaired) electrons. The van der Waals surface area contributed by atoms with Crippen LogP contribution in [-0.2, 0) is 11.2 Å². The number of hydrogen-bond acceptors (Lipinski definition) is 3. The van der Waals surface area contributed by atoms with Gasteiger partial charge in [-0.15, -0.1) is 0 Å². The number of aliphatic carboxylic acids is 1. The van der Waals surface area contributed by atoms with E-state index in [0.717, 1.165) is 23.3 Å². The lowest BCUT2D eigenvalue weighted by atomic mass is 10.0. The van der Waals surface area contributed by atoms with Gasteiger partial charge in [0.25, 0.3) is 0 Å². The Balaban J connectivity index is 1.54. The van der Waals surface area contributed by atoms with Crippen LogP contribution in [-0.4, -0.2) is 36.3 Å². The maximum atomic E-state index is 12.4. The molecule has 0 spiro atoms. The molecule has 6 heteroatoms. The molecule has 1 unspecified atom stereocenters. The molecule has 2 amide bonds. The Hall–Kier alpha value is -3.02. The van der Waals surface area contributed by atoms with Crippen molar-refractivity contribution in [3.63, 3.8) is 0 Å².